The van der Waals surface area contributed by atoms with E-state index in [1.807, 2.05) is 6.08 Å². The standard InChI is InChI=1S/C11H14O3/c1-2-3-4-5-6-10-7-9(12)8-11(13)14-10/h2,7-8,12H,1,3-6H2. The molecular weight excluding hydrogens is 180 g/mol. The lowest BCUT2D eigenvalue weighted by Crippen LogP contribution is -1.98. The van der Waals surface area contributed by atoms with E-state index in [1.165, 1.54) is 6.07 Å². The zero-order chi connectivity index (χ0) is 10.4. The van der Waals surface area contributed by atoms with Gasteiger partial charge in [0.15, 0.2) is 0 Å². The second kappa shape index (κ2) is 5.27. The van der Waals surface area contributed by atoms with Gasteiger partial charge in [0, 0.05) is 12.5 Å². The highest BCUT2D eigenvalue weighted by atomic mass is 16.4. The number of aryl methyl sites for hydroxylation is 1. The van der Waals surface area contributed by atoms with Crippen molar-refractivity contribution < 1.29 is 9.52 Å². The number of allylic oxidation sites excluding steroid dienone is 1. The molecule has 0 aromatic carbocycles. The van der Waals surface area contributed by atoms with E-state index in [0.29, 0.717) is 12.2 Å². The SMILES string of the molecule is C=CCCCCc1cc(O)cc(=O)o1. The van der Waals surface area contributed by atoms with Gasteiger partial charge in [0.1, 0.15) is 11.5 Å². The summed E-state index contributed by atoms with van der Waals surface area (Å²) >= 11 is 0. The molecule has 0 spiro atoms. The van der Waals surface area contributed by atoms with Crippen LogP contribution in [0.5, 0.6) is 5.75 Å². The lowest BCUT2D eigenvalue weighted by molar-refractivity contribution is 0.419. The molecule has 0 saturated heterocycles. The van der Waals surface area contributed by atoms with Crippen LogP contribution in [0.2, 0.25) is 0 Å². The number of hydrogen-bond acceptors (Lipinski definition) is 3. The third-order valence-corrected chi connectivity index (χ3v) is 1.89. The summed E-state index contributed by atoms with van der Waals surface area (Å²) in [6, 6.07) is 2.54. The van der Waals surface area contributed by atoms with Crippen LogP contribution in [0.15, 0.2) is 34.0 Å². The first-order chi connectivity index (χ1) is 6.72. The Morgan fingerprint density at radius 1 is 1.43 bits per heavy atom. The van der Waals surface area contributed by atoms with Crippen molar-refractivity contribution in [2.75, 3.05) is 0 Å². The average molecular weight is 194 g/mol. The predicted octanol–water partition coefficient (Wildman–Crippen LogP) is 2.24. The van der Waals surface area contributed by atoms with Crippen LogP contribution in [-0.4, -0.2) is 5.11 Å². The quantitative estimate of drug-likeness (QED) is 0.577. The van der Waals surface area contributed by atoms with Crippen LogP contribution >= 0.6 is 0 Å². The maximum atomic E-state index is 10.9. The molecule has 1 heterocycles. The van der Waals surface area contributed by atoms with E-state index in [9.17, 15) is 4.79 Å². The Kier molecular flexibility index (Phi) is 3.98. The van der Waals surface area contributed by atoms with Gasteiger partial charge in [-0.2, -0.15) is 0 Å². The molecule has 14 heavy (non-hydrogen) atoms. The zero-order valence-electron chi connectivity index (χ0n) is 8.03. The van der Waals surface area contributed by atoms with Gasteiger partial charge >= 0.3 is 5.63 Å². The molecule has 0 unspecified atom stereocenters. The molecule has 0 bridgehead atoms. The van der Waals surface area contributed by atoms with Gasteiger partial charge in [-0.05, 0) is 19.3 Å². The van der Waals surface area contributed by atoms with E-state index in [0.717, 1.165) is 25.3 Å². The number of unbranched alkanes of at least 4 members (excludes halogenated alkanes) is 2. The van der Waals surface area contributed by atoms with Crippen molar-refractivity contribution >= 4 is 0 Å². The Hall–Kier alpha value is -1.51. The fraction of sp³-hybridized carbons (Fsp3) is 0.364. The monoisotopic (exact) mass is 194 g/mol. The van der Waals surface area contributed by atoms with Crippen molar-refractivity contribution in [1.82, 2.24) is 0 Å². The van der Waals surface area contributed by atoms with Crippen LogP contribution in [0.3, 0.4) is 0 Å². The molecule has 0 amide bonds. The topological polar surface area (TPSA) is 50.4 Å². The van der Waals surface area contributed by atoms with Crippen molar-refractivity contribution in [3.05, 3.63) is 41.0 Å². The van der Waals surface area contributed by atoms with Gasteiger partial charge in [0.25, 0.3) is 0 Å². The van der Waals surface area contributed by atoms with Crippen LogP contribution < -0.4 is 5.63 Å². The highest BCUT2D eigenvalue weighted by Crippen LogP contribution is 2.10. The fourth-order valence-electron chi connectivity index (χ4n) is 1.23. The molecule has 0 aliphatic rings. The fourth-order valence-corrected chi connectivity index (χ4v) is 1.23. The molecule has 1 rings (SSSR count). The van der Waals surface area contributed by atoms with E-state index in [2.05, 4.69) is 6.58 Å². The Morgan fingerprint density at radius 2 is 2.21 bits per heavy atom. The summed E-state index contributed by atoms with van der Waals surface area (Å²) in [4.78, 5) is 10.9. The molecule has 0 atom stereocenters. The summed E-state index contributed by atoms with van der Waals surface area (Å²) in [6.07, 6.45) is 5.44. The van der Waals surface area contributed by atoms with Crippen LogP contribution in [0.4, 0.5) is 0 Å². The van der Waals surface area contributed by atoms with Crippen molar-refractivity contribution in [2.24, 2.45) is 0 Å². The average Bonchev–Trinajstić information content (AvgIpc) is 2.11. The molecule has 3 nitrogen and oxygen atoms in total. The summed E-state index contributed by atoms with van der Waals surface area (Å²) in [5, 5.41) is 9.12. The van der Waals surface area contributed by atoms with E-state index >= 15 is 0 Å². The Morgan fingerprint density at radius 3 is 2.86 bits per heavy atom. The van der Waals surface area contributed by atoms with Gasteiger partial charge < -0.3 is 9.52 Å². The number of aromatic hydroxyl groups is 1. The van der Waals surface area contributed by atoms with E-state index < -0.39 is 5.63 Å². The second-order valence-corrected chi connectivity index (χ2v) is 3.14. The summed E-state index contributed by atoms with van der Waals surface area (Å²) in [7, 11) is 0. The highest BCUT2D eigenvalue weighted by Gasteiger charge is 1.99. The van der Waals surface area contributed by atoms with E-state index in [-0.39, 0.29) is 5.75 Å². The first-order valence-electron chi connectivity index (χ1n) is 4.66. The van der Waals surface area contributed by atoms with Crippen LogP contribution in [0.25, 0.3) is 0 Å². The van der Waals surface area contributed by atoms with Crippen LogP contribution in [0.1, 0.15) is 25.0 Å². The normalized spacial score (nSPS) is 10.0. The minimum atomic E-state index is -0.497. The van der Waals surface area contributed by atoms with Gasteiger partial charge in [-0.3, -0.25) is 0 Å². The van der Waals surface area contributed by atoms with Gasteiger partial charge in [-0.25, -0.2) is 4.79 Å². The third kappa shape index (κ3) is 3.47. The molecule has 76 valence electrons. The number of rotatable bonds is 5. The van der Waals surface area contributed by atoms with Crippen molar-refractivity contribution in [3.8, 4) is 5.75 Å². The Labute approximate surface area is 82.7 Å². The molecular formula is C11H14O3. The molecule has 0 aliphatic heterocycles. The molecule has 0 radical (unpaired) electrons. The van der Waals surface area contributed by atoms with Crippen molar-refractivity contribution in [3.63, 3.8) is 0 Å². The lowest BCUT2D eigenvalue weighted by Gasteiger charge is -1.99. The van der Waals surface area contributed by atoms with Crippen LogP contribution in [-0.2, 0) is 6.42 Å². The lowest BCUT2D eigenvalue weighted by atomic mass is 10.1. The second-order valence-electron chi connectivity index (χ2n) is 3.14. The van der Waals surface area contributed by atoms with Crippen LogP contribution in [0, 0.1) is 0 Å². The van der Waals surface area contributed by atoms with Crippen molar-refractivity contribution in [1.29, 1.82) is 0 Å². The van der Waals surface area contributed by atoms with Gasteiger partial charge in [-0.1, -0.05) is 6.08 Å². The summed E-state index contributed by atoms with van der Waals surface area (Å²) < 4.78 is 4.90. The third-order valence-electron chi connectivity index (χ3n) is 1.89. The smallest absolute Gasteiger partial charge is 0.339 e. The Balaban J connectivity index is 2.50. The van der Waals surface area contributed by atoms with E-state index in [4.69, 9.17) is 9.52 Å². The highest BCUT2D eigenvalue weighted by molar-refractivity contribution is 5.18. The number of hydrogen-bond donors (Lipinski definition) is 1. The first-order valence-corrected chi connectivity index (χ1v) is 4.66. The maximum Gasteiger partial charge on any atom is 0.339 e. The predicted molar refractivity (Wildman–Crippen MR) is 54.4 cm³/mol. The van der Waals surface area contributed by atoms with Gasteiger partial charge in [-0.15, -0.1) is 6.58 Å². The minimum absolute atomic E-state index is 0.0278. The zero-order valence-corrected chi connectivity index (χ0v) is 8.03. The molecule has 0 fully saturated rings. The van der Waals surface area contributed by atoms with Crippen molar-refractivity contribution in [2.45, 2.75) is 25.7 Å². The van der Waals surface area contributed by atoms with Gasteiger partial charge in [0.2, 0.25) is 0 Å². The first kappa shape index (κ1) is 10.6. The molecule has 0 aliphatic carbocycles. The largest absolute Gasteiger partial charge is 0.508 e. The van der Waals surface area contributed by atoms with E-state index in [1.54, 1.807) is 0 Å². The molecule has 1 aromatic rings. The summed E-state index contributed by atoms with van der Waals surface area (Å²) in [5.74, 6) is 0.513. The summed E-state index contributed by atoms with van der Waals surface area (Å²) in [6.45, 7) is 3.62. The Bertz CT molecular complexity index is 352. The molecule has 1 N–H and O–H groups in total. The summed E-state index contributed by atoms with van der Waals surface area (Å²) in [5.41, 5.74) is -0.497. The molecule has 1 aromatic heterocycles. The molecule has 3 heteroatoms. The minimum Gasteiger partial charge on any atom is -0.508 e. The molecule has 0 saturated carbocycles. The van der Waals surface area contributed by atoms with Gasteiger partial charge in [0.05, 0.1) is 6.07 Å². The maximum absolute atomic E-state index is 10.9.